The maximum Gasteiger partial charge on any atom is 0.121 e. The van der Waals surface area contributed by atoms with E-state index in [4.69, 9.17) is 11.6 Å². The summed E-state index contributed by atoms with van der Waals surface area (Å²) in [6.07, 6.45) is 0.969. The molecule has 16 heavy (non-hydrogen) atoms. The Labute approximate surface area is 99.5 Å². The lowest BCUT2D eigenvalue weighted by atomic mass is 10.1. The highest BCUT2D eigenvalue weighted by atomic mass is 35.5. The Kier molecular flexibility index (Phi) is 3.22. The lowest BCUT2D eigenvalue weighted by Gasteiger charge is -2.11. The molecule has 1 heterocycles. The zero-order valence-corrected chi connectivity index (χ0v) is 9.65. The van der Waals surface area contributed by atoms with Crippen LogP contribution in [0.1, 0.15) is 22.9 Å². The summed E-state index contributed by atoms with van der Waals surface area (Å²) < 4.78 is 0. The minimum atomic E-state index is -0.724. The molecule has 2 aromatic rings. The smallest absolute Gasteiger partial charge is 0.121 e. The molecule has 1 aromatic carbocycles. The van der Waals surface area contributed by atoms with Gasteiger partial charge in [-0.3, -0.25) is 4.98 Å². The van der Waals surface area contributed by atoms with Crippen LogP contribution >= 0.6 is 11.6 Å². The summed E-state index contributed by atoms with van der Waals surface area (Å²) in [4.78, 5) is 4.15. The van der Waals surface area contributed by atoms with Crippen molar-refractivity contribution in [2.45, 2.75) is 13.0 Å². The highest BCUT2D eigenvalue weighted by Crippen LogP contribution is 2.23. The molecule has 1 unspecified atom stereocenters. The van der Waals surface area contributed by atoms with Gasteiger partial charge in [0.15, 0.2) is 0 Å². The Balaban J connectivity index is 2.35. The van der Waals surface area contributed by atoms with Crippen molar-refractivity contribution < 1.29 is 5.11 Å². The summed E-state index contributed by atoms with van der Waals surface area (Å²) in [5, 5.41) is 10.7. The van der Waals surface area contributed by atoms with E-state index in [9.17, 15) is 5.11 Å². The van der Waals surface area contributed by atoms with E-state index in [0.29, 0.717) is 10.7 Å². The first-order valence-electron chi connectivity index (χ1n) is 5.03. The lowest BCUT2D eigenvalue weighted by Crippen LogP contribution is -2.02. The molecule has 2 rings (SSSR count). The molecule has 0 bridgehead atoms. The molecule has 82 valence electrons. The number of rotatable bonds is 2. The van der Waals surface area contributed by atoms with Crippen LogP contribution in [-0.4, -0.2) is 10.1 Å². The van der Waals surface area contributed by atoms with Crippen LogP contribution in [0.5, 0.6) is 0 Å². The maximum atomic E-state index is 10.1. The quantitative estimate of drug-likeness (QED) is 0.865. The van der Waals surface area contributed by atoms with Gasteiger partial charge >= 0.3 is 0 Å². The van der Waals surface area contributed by atoms with Crippen molar-refractivity contribution in [3.8, 4) is 0 Å². The highest BCUT2D eigenvalue weighted by molar-refractivity contribution is 6.30. The average molecular weight is 234 g/mol. The van der Waals surface area contributed by atoms with E-state index >= 15 is 0 Å². The van der Waals surface area contributed by atoms with Gasteiger partial charge in [0.05, 0.1) is 5.69 Å². The predicted octanol–water partition coefficient (Wildman–Crippen LogP) is 3.13. The molecule has 1 aromatic heterocycles. The summed E-state index contributed by atoms with van der Waals surface area (Å²) in [7, 11) is 0. The monoisotopic (exact) mass is 233 g/mol. The Bertz CT molecular complexity index is 453. The van der Waals surface area contributed by atoms with Gasteiger partial charge in [0.1, 0.15) is 6.10 Å². The fourth-order valence-electron chi connectivity index (χ4n) is 1.56. The van der Waals surface area contributed by atoms with E-state index in [2.05, 4.69) is 4.98 Å². The van der Waals surface area contributed by atoms with Gasteiger partial charge in [0.25, 0.3) is 0 Å². The SMILES string of the molecule is Cc1ccnc(C(O)c2cccc(Cl)c2)c1. The Morgan fingerprint density at radius 2 is 2.06 bits per heavy atom. The third-order valence-electron chi connectivity index (χ3n) is 2.38. The van der Waals surface area contributed by atoms with E-state index in [1.165, 1.54) is 0 Å². The van der Waals surface area contributed by atoms with Crippen LogP contribution in [0.3, 0.4) is 0 Å². The number of aryl methyl sites for hydroxylation is 1. The molecular formula is C13H12ClNO. The normalized spacial score (nSPS) is 12.4. The van der Waals surface area contributed by atoms with Gasteiger partial charge in [0.2, 0.25) is 0 Å². The third-order valence-corrected chi connectivity index (χ3v) is 2.62. The molecule has 0 spiro atoms. The first-order valence-corrected chi connectivity index (χ1v) is 5.41. The van der Waals surface area contributed by atoms with E-state index in [1.807, 2.05) is 31.2 Å². The zero-order valence-electron chi connectivity index (χ0n) is 8.89. The van der Waals surface area contributed by atoms with Crippen molar-refractivity contribution in [1.29, 1.82) is 0 Å². The maximum absolute atomic E-state index is 10.1. The number of nitrogens with zero attached hydrogens (tertiary/aromatic N) is 1. The largest absolute Gasteiger partial charge is 0.382 e. The van der Waals surface area contributed by atoms with Gasteiger partial charge < -0.3 is 5.11 Å². The van der Waals surface area contributed by atoms with Crippen LogP contribution in [0, 0.1) is 6.92 Å². The van der Waals surface area contributed by atoms with E-state index in [0.717, 1.165) is 11.1 Å². The fraction of sp³-hybridized carbons (Fsp3) is 0.154. The van der Waals surface area contributed by atoms with Crippen LogP contribution in [0.15, 0.2) is 42.6 Å². The van der Waals surface area contributed by atoms with E-state index < -0.39 is 6.10 Å². The number of hydrogen-bond donors (Lipinski definition) is 1. The fourth-order valence-corrected chi connectivity index (χ4v) is 1.76. The second kappa shape index (κ2) is 4.64. The summed E-state index contributed by atoms with van der Waals surface area (Å²) in [5.41, 5.74) is 2.47. The van der Waals surface area contributed by atoms with Crippen LogP contribution in [0.2, 0.25) is 5.02 Å². The molecule has 0 amide bonds. The summed E-state index contributed by atoms with van der Waals surface area (Å²) in [5.74, 6) is 0. The number of halogens is 1. The minimum Gasteiger partial charge on any atom is -0.382 e. The molecule has 0 aliphatic heterocycles. The Hall–Kier alpha value is -1.38. The van der Waals surface area contributed by atoms with Gasteiger partial charge in [-0.1, -0.05) is 23.7 Å². The number of benzene rings is 1. The number of pyridine rings is 1. The molecule has 0 fully saturated rings. The molecule has 0 radical (unpaired) electrons. The lowest BCUT2D eigenvalue weighted by molar-refractivity contribution is 0.215. The molecule has 0 saturated heterocycles. The third kappa shape index (κ3) is 2.40. The summed E-state index contributed by atoms with van der Waals surface area (Å²) in [6.45, 7) is 1.97. The molecular weight excluding hydrogens is 222 g/mol. The summed E-state index contributed by atoms with van der Waals surface area (Å²) >= 11 is 5.88. The average Bonchev–Trinajstić information content (AvgIpc) is 2.28. The topological polar surface area (TPSA) is 33.1 Å². The number of hydrogen-bond acceptors (Lipinski definition) is 2. The van der Waals surface area contributed by atoms with Crippen LogP contribution in [-0.2, 0) is 0 Å². The predicted molar refractivity (Wildman–Crippen MR) is 64.5 cm³/mol. The van der Waals surface area contributed by atoms with Crippen LogP contribution in [0.4, 0.5) is 0 Å². The van der Waals surface area contributed by atoms with E-state index in [1.54, 1.807) is 18.3 Å². The van der Waals surface area contributed by atoms with Crippen LogP contribution < -0.4 is 0 Å². The standard InChI is InChI=1S/C13H12ClNO/c1-9-5-6-15-12(7-9)13(16)10-3-2-4-11(14)8-10/h2-8,13,16H,1H3. The number of aliphatic hydroxyl groups excluding tert-OH is 1. The van der Waals surface area contributed by atoms with Crippen molar-refractivity contribution in [2.75, 3.05) is 0 Å². The van der Waals surface area contributed by atoms with Crippen molar-refractivity contribution in [2.24, 2.45) is 0 Å². The first kappa shape index (κ1) is 11.1. The molecule has 1 atom stereocenters. The van der Waals surface area contributed by atoms with Crippen molar-refractivity contribution in [3.05, 3.63) is 64.4 Å². The molecule has 1 N–H and O–H groups in total. The molecule has 0 aliphatic rings. The Morgan fingerprint density at radius 3 is 2.75 bits per heavy atom. The van der Waals surface area contributed by atoms with Gasteiger partial charge in [-0.2, -0.15) is 0 Å². The molecule has 2 nitrogen and oxygen atoms in total. The second-order valence-electron chi connectivity index (χ2n) is 3.72. The molecule has 3 heteroatoms. The minimum absolute atomic E-state index is 0.615. The van der Waals surface area contributed by atoms with Gasteiger partial charge in [0, 0.05) is 11.2 Å². The van der Waals surface area contributed by atoms with Gasteiger partial charge in [-0.15, -0.1) is 0 Å². The molecule has 0 saturated carbocycles. The van der Waals surface area contributed by atoms with Crippen molar-refractivity contribution >= 4 is 11.6 Å². The second-order valence-corrected chi connectivity index (χ2v) is 4.15. The summed E-state index contributed by atoms with van der Waals surface area (Å²) in [6, 6.07) is 10.9. The van der Waals surface area contributed by atoms with Crippen molar-refractivity contribution in [1.82, 2.24) is 4.98 Å². The number of aliphatic hydroxyl groups is 1. The van der Waals surface area contributed by atoms with E-state index in [-0.39, 0.29) is 0 Å². The zero-order chi connectivity index (χ0) is 11.5. The van der Waals surface area contributed by atoms with Gasteiger partial charge in [-0.25, -0.2) is 0 Å². The van der Waals surface area contributed by atoms with Crippen LogP contribution in [0.25, 0.3) is 0 Å². The first-order chi connectivity index (χ1) is 7.66. The molecule has 0 aliphatic carbocycles. The Morgan fingerprint density at radius 1 is 1.25 bits per heavy atom. The van der Waals surface area contributed by atoms with Gasteiger partial charge in [-0.05, 0) is 42.3 Å². The van der Waals surface area contributed by atoms with Crippen molar-refractivity contribution in [3.63, 3.8) is 0 Å². The highest BCUT2D eigenvalue weighted by Gasteiger charge is 2.11. The number of aromatic nitrogens is 1.